The number of carbonyl (C=O) groups excluding carboxylic acids is 1. The maximum Gasteiger partial charge on any atom is 0.275 e. The number of thioether (sulfide) groups is 1. The number of rotatable bonds is 8. The lowest BCUT2D eigenvalue weighted by molar-refractivity contribution is 0.102. The Morgan fingerprint density at radius 1 is 1.35 bits per heavy atom. The Bertz CT molecular complexity index is 891. The second-order valence-corrected chi connectivity index (χ2v) is 8.23. The fourth-order valence-corrected chi connectivity index (χ4v) is 3.64. The van der Waals surface area contributed by atoms with E-state index < -0.39 is 15.9 Å². The summed E-state index contributed by atoms with van der Waals surface area (Å²) in [5.41, 5.74) is 0.356. The summed E-state index contributed by atoms with van der Waals surface area (Å²) in [5, 5.41) is 3.14. The van der Waals surface area contributed by atoms with Crippen LogP contribution in [0, 0.1) is 0 Å². The average Bonchev–Trinajstić information content (AvgIpc) is 2.62. The number of amides is 1. The normalized spacial score (nSPS) is 11.3. The summed E-state index contributed by atoms with van der Waals surface area (Å²) in [5.74, 6) is -0.541. The number of benzene rings is 1. The highest BCUT2D eigenvalue weighted by Crippen LogP contribution is 2.20. The van der Waals surface area contributed by atoms with Gasteiger partial charge in [-0.3, -0.25) is 4.79 Å². The second kappa shape index (κ2) is 9.31. The summed E-state index contributed by atoms with van der Waals surface area (Å²) < 4.78 is 27.1. The molecule has 0 aliphatic carbocycles. The van der Waals surface area contributed by atoms with Gasteiger partial charge >= 0.3 is 0 Å². The van der Waals surface area contributed by atoms with Crippen molar-refractivity contribution in [3.63, 3.8) is 0 Å². The predicted octanol–water partition coefficient (Wildman–Crippen LogP) is 3.18. The molecule has 0 aliphatic heterocycles. The van der Waals surface area contributed by atoms with E-state index in [1.165, 1.54) is 30.1 Å². The Morgan fingerprint density at radius 3 is 2.81 bits per heavy atom. The number of carbonyl (C=O) groups is 1. The molecule has 0 bridgehead atoms. The van der Waals surface area contributed by atoms with Crippen LogP contribution >= 0.6 is 23.4 Å². The van der Waals surface area contributed by atoms with Crippen LogP contribution in [-0.2, 0) is 10.0 Å². The summed E-state index contributed by atoms with van der Waals surface area (Å²) in [7, 11) is -3.63. The van der Waals surface area contributed by atoms with Gasteiger partial charge in [0, 0.05) is 12.2 Å². The summed E-state index contributed by atoms with van der Waals surface area (Å²) in [4.78, 5) is 20.6. The smallest absolute Gasteiger partial charge is 0.275 e. The third kappa shape index (κ3) is 5.41. The van der Waals surface area contributed by atoms with Crippen molar-refractivity contribution in [2.45, 2.75) is 29.8 Å². The number of aromatic nitrogens is 2. The molecule has 2 rings (SSSR count). The van der Waals surface area contributed by atoms with Gasteiger partial charge in [0.2, 0.25) is 10.0 Å². The van der Waals surface area contributed by atoms with Crippen molar-refractivity contribution in [1.82, 2.24) is 14.7 Å². The quantitative estimate of drug-likeness (QED) is 0.391. The fraction of sp³-hybridized carbons (Fsp3) is 0.312. The van der Waals surface area contributed by atoms with E-state index in [4.69, 9.17) is 11.6 Å². The molecule has 10 heteroatoms. The largest absolute Gasteiger partial charge is 0.321 e. The van der Waals surface area contributed by atoms with Gasteiger partial charge in [0.1, 0.15) is 0 Å². The molecule has 0 aliphatic rings. The maximum atomic E-state index is 12.4. The Morgan fingerprint density at radius 2 is 2.12 bits per heavy atom. The van der Waals surface area contributed by atoms with Gasteiger partial charge in [-0.05, 0) is 30.9 Å². The van der Waals surface area contributed by atoms with E-state index in [0.29, 0.717) is 17.4 Å². The van der Waals surface area contributed by atoms with E-state index in [9.17, 15) is 13.2 Å². The Labute approximate surface area is 162 Å². The first-order chi connectivity index (χ1) is 12.4. The number of unbranched alkanes of at least 4 members (excludes halogenated alkanes) is 1. The monoisotopic (exact) mass is 414 g/mol. The van der Waals surface area contributed by atoms with Crippen LogP contribution < -0.4 is 10.0 Å². The van der Waals surface area contributed by atoms with Crippen molar-refractivity contribution in [1.29, 1.82) is 0 Å². The third-order valence-corrected chi connectivity index (χ3v) is 5.64. The van der Waals surface area contributed by atoms with Crippen molar-refractivity contribution in [3.05, 3.63) is 41.2 Å². The molecule has 0 saturated heterocycles. The summed E-state index contributed by atoms with van der Waals surface area (Å²) >= 11 is 7.27. The molecular formula is C16H19ClN4O3S2. The minimum Gasteiger partial charge on any atom is -0.321 e. The van der Waals surface area contributed by atoms with E-state index in [0.717, 1.165) is 12.8 Å². The summed E-state index contributed by atoms with van der Waals surface area (Å²) in [6.07, 6.45) is 4.77. The van der Waals surface area contributed by atoms with Crippen molar-refractivity contribution in [2.75, 3.05) is 18.1 Å². The predicted molar refractivity (Wildman–Crippen MR) is 103 cm³/mol. The molecule has 0 saturated carbocycles. The van der Waals surface area contributed by atoms with Crippen molar-refractivity contribution < 1.29 is 13.2 Å². The number of nitrogens with zero attached hydrogens (tertiary/aromatic N) is 2. The highest BCUT2D eigenvalue weighted by Gasteiger charge is 2.17. The van der Waals surface area contributed by atoms with Crippen LogP contribution in [-0.4, -0.2) is 37.1 Å². The van der Waals surface area contributed by atoms with Crippen LogP contribution in [0.25, 0.3) is 0 Å². The van der Waals surface area contributed by atoms with Gasteiger partial charge in [-0.1, -0.05) is 42.8 Å². The molecule has 140 valence electrons. The van der Waals surface area contributed by atoms with Crippen LogP contribution in [0.3, 0.4) is 0 Å². The first-order valence-electron chi connectivity index (χ1n) is 7.85. The Kier molecular flexibility index (Phi) is 7.39. The number of sulfonamides is 1. The van der Waals surface area contributed by atoms with E-state index in [1.54, 1.807) is 18.4 Å². The van der Waals surface area contributed by atoms with Crippen LogP contribution in [0.5, 0.6) is 0 Å². The lowest BCUT2D eigenvalue weighted by Gasteiger charge is -2.10. The minimum atomic E-state index is -3.63. The van der Waals surface area contributed by atoms with Crippen LogP contribution in [0.4, 0.5) is 5.69 Å². The zero-order valence-electron chi connectivity index (χ0n) is 14.3. The molecule has 0 radical (unpaired) electrons. The molecule has 0 fully saturated rings. The first kappa shape index (κ1) is 20.6. The number of halogens is 1. The van der Waals surface area contributed by atoms with Gasteiger partial charge in [-0.25, -0.2) is 23.1 Å². The van der Waals surface area contributed by atoms with E-state index in [1.807, 2.05) is 6.92 Å². The molecule has 1 aromatic carbocycles. The van der Waals surface area contributed by atoms with Crippen LogP contribution in [0.15, 0.2) is 40.5 Å². The van der Waals surface area contributed by atoms with Crippen molar-refractivity contribution >= 4 is 45.0 Å². The molecule has 1 heterocycles. The first-order valence-corrected chi connectivity index (χ1v) is 10.9. The lowest BCUT2D eigenvalue weighted by Crippen LogP contribution is -2.25. The zero-order chi connectivity index (χ0) is 19.2. The number of anilines is 1. The molecule has 2 N–H and O–H groups in total. The van der Waals surface area contributed by atoms with Gasteiger partial charge in [-0.2, -0.15) is 0 Å². The number of hydrogen-bond donors (Lipinski definition) is 2. The van der Waals surface area contributed by atoms with E-state index >= 15 is 0 Å². The van der Waals surface area contributed by atoms with E-state index in [2.05, 4.69) is 20.0 Å². The topological polar surface area (TPSA) is 101 Å². The average molecular weight is 415 g/mol. The molecular weight excluding hydrogens is 396 g/mol. The SMILES string of the molecule is CCCCNS(=O)(=O)c1cccc(NC(=O)c2nc(SC)ncc2Cl)c1. The molecule has 0 unspecified atom stereocenters. The maximum absolute atomic E-state index is 12.4. The Hall–Kier alpha value is -1.68. The molecule has 1 aromatic heterocycles. The van der Waals surface area contributed by atoms with Gasteiger partial charge in [0.05, 0.1) is 16.1 Å². The summed E-state index contributed by atoms with van der Waals surface area (Å²) in [6, 6.07) is 6.00. The fourth-order valence-electron chi connectivity index (χ4n) is 2.01. The molecule has 7 nitrogen and oxygen atoms in total. The third-order valence-electron chi connectivity index (χ3n) is 3.34. The summed E-state index contributed by atoms with van der Waals surface area (Å²) in [6.45, 7) is 2.34. The van der Waals surface area contributed by atoms with Crippen molar-refractivity contribution in [2.24, 2.45) is 0 Å². The van der Waals surface area contributed by atoms with Crippen molar-refractivity contribution in [3.8, 4) is 0 Å². The standard InChI is InChI=1S/C16H19ClN4O3S2/c1-3-4-8-19-26(23,24)12-7-5-6-11(9-12)20-15(22)14-13(17)10-18-16(21-14)25-2/h5-7,9-10,19H,3-4,8H2,1-2H3,(H,20,22). The minimum absolute atomic E-state index is 0.0281. The molecule has 26 heavy (non-hydrogen) atoms. The lowest BCUT2D eigenvalue weighted by atomic mass is 10.3. The molecule has 1 amide bonds. The highest BCUT2D eigenvalue weighted by atomic mass is 35.5. The highest BCUT2D eigenvalue weighted by molar-refractivity contribution is 7.98. The zero-order valence-corrected chi connectivity index (χ0v) is 16.7. The molecule has 2 aromatic rings. The van der Waals surface area contributed by atoms with Crippen LogP contribution in [0.1, 0.15) is 30.3 Å². The second-order valence-electron chi connectivity index (χ2n) is 5.29. The Balaban J connectivity index is 2.19. The number of hydrogen-bond acceptors (Lipinski definition) is 6. The molecule has 0 spiro atoms. The van der Waals surface area contributed by atoms with Gasteiger partial charge < -0.3 is 5.32 Å². The van der Waals surface area contributed by atoms with E-state index in [-0.39, 0.29) is 15.6 Å². The molecule has 0 atom stereocenters. The van der Waals surface area contributed by atoms with Gasteiger partial charge in [-0.15, -0.1) is 0 Å². The van der Waals surface area contributed by atoms with Gasteiger partial charge in [0.25, 0.3) is 5.91 Å². The number of nitrogens with one attached hydrogen (secondary N) is 2. The van der Waals surface area contributed by atoms with Gasteiger partial charge in [0.15, 0.2) is 10.9 Å². The van der Waals surface area contributed by atoms with Crippen LogP contribution in [0.2, 0.25) is 5.02 Å².